The maximum atomic E-state index is 12.5. The van der Waals surface area contributed by atoms with Crippen molar-refractivity contribution in [3.63, 3.8) is 0 Å². The predicted molar refractivity (Wildman–Crippen MR) is 107 cm³/mol. The van der Waals surface area contributed by atoms with E-state index in [-0.39, 0.29) is 5.91 Å². The van der Waals surface area contributed by atoms with Crippen LogP contribution in [0.3, 0.4) is 0 Å². The van der Waals surface area contributed by atoms with Gasteiger partial charge in [-0.1, -0.05) is 30.3 Å². The second-order valence-electron chi connectivity index (χ2n) is 7.59. The van der Waals surface area contributed by atoms with Gasteiger partial charge in [0.15, 0.2) is 0 Å². The lowest BCUT2D eigenvalue weighted by Gasteiger charge is -2.31. The van der Waals surface area contributed by atoms with Crippen molar-refractivity contribution < 1.29 is 4.79 Å². The molecule has 0 atom stereocenters. The molecule has 0 spiro atoms. The number of anilines is 1. The number of aromatic amines is 1. The van der Waals surface area contributed by atoms with Gasteiger partial charge in [0.05, 0.1) is 0 Å². The van der Waals surface area contributed by atoms with Crippen LogP contribution in [0.15, 0.2) is 48.7 Å². The molecule has 1 fully saturated rings. The van der Waals surface area contributed by atoms with E-state index in [1.54, 1.807) is 0 Å². The van der Waals surface area contributed by atoms with Crippen molar-refractivity contribution in [3.05, 3.63) is 76.7 Å². The summed E-state index contributed by atoms with van der Waals surface area (Å²) in [7, 11) is 0. The van der Waals surface area contributed by atoms with E-state index in [2.05, 4.69) is 49.7 Å². The molecule has 3 heterocycles. The number of H-pyrrole nitrogens is 1. The molecule has 6 heteroatoms. The van der Waals surface area contributed by atoms with Crippen LogP contribution in [0.5, 0.6) is 0 Å². The van der Waals surface area contributed by atoms with E-state index < -0.39 is 0 Å². The van der Waals surface area contributed by atoms with Crippen molar-refractivity contribution >= 4 is 11.7 Å². The number of nitrogens with zero attached hydrogens (tertiary/aromatic N) is 3. The molecule has 2 N–H and O–H groups in total. The summed E-state index contributed by atoms with van der Waals surface area (Å²) in [6.07, 6.45) is 5.19. The highest BCUT2D eigenvalue weighted by Crippen LogP contribution is 2.39. The molecule has 5 rings (SSSR count). The minimum Gasteiger partial charge on any atom is -0.352 e. The lowest BCUT2D eigenvalue weighted by molar-refractivity contribution is 0.0946. The molecule has 1 saturated carbocycles. The maximum Gasteiger partial charge on any atom is 0.272 e. The number of fused-ring (bicyclic) bond motifs is 1. The molecule has 1 aromatic carbocycles. The van der Waals surface area contributed by atoms with Crippen molar-refractivity contribution in [1.82, 2.24) is 20.5 Å². The van der Waals surface area contributed by atoms with E-state index in [9.17, 15) is 4.79 Å². The summed E-state index contributed by atoms with van der Waals surface area (Å²) in [5.41, 5.74) is 5.31. The van der Waals surface area contributed by atoms with E-state index in [0.29, 0.717) is 18.2 Å². The number of hydrogen-bond donors (Lipinski definition) is 2. The fourth-order valence-corrected chi connectivity index (χ4v) is 3.85. The van der Waals surface area contributed by atoms with Gasteiger partial charge in [-0.15, -0.1) is 0 Å². The number of rotatable bonds is 5. The van der Waals surface area contributed by atoms with Gasteiger partial charge >= 0.3 is 0 Å². The predicted octanol–water partition coefficient (Wildman–Crippen LogP) is 3.17. The van der Waals surface area contributed by atoms with Crippen molar-refractivity contribution in [2.24, 2.45) is 0 Å². The Labute approximate surface area is 164 Å². The molecule has 1 amide bonds. The van der Waals surface area contributed by atoms with Crippen LogP contribution < -0.4 is 10.2 Å². The third-order valence-corrected chi connectivity index (χ3v) is 5.58. The van der Waals surface area contributed by atoms with Crippen LogP contribution >= 0.6 is 0 Å². The molecule has 2 aromatic heterocycles. The zero-order valence-electron chi connectivity index (χ0n) is 15.7. The van der Waals surface area contributed by atoms with Gasteiger partial charge in [-0.25, -0.2) is 4.98 Å². The molecule has 0 unspecified atom stereocenters. The zero-order chi connectivity index (χ0) is 18.9. The minimum absolute atomic E-state index is 0.151. The summed E-state index contributed by atoms with van der Waals surface area (Å²) in [5, 5.41) is 10.2. The van der Waals surface area contributed by atoms with E-state index in [4.69, 9.17) is 0 Å². The van der Waals surface area contributed by atoms with Crippen LogP contribution in [0.25, 0.3) is 0 Å². The number of amides is 1. The molecule has 1 aliphatic heterocycles. The van der Waals surface area contributed by atoms with Gasteiger partial charge in [-0.05, 0) is 42.5 Å². The molecular formula is C22H23N5O. The highest BCUT2D eigenvalue weighted by Gasteiger charge is 2.26. The topological polar surface area (TPSA) is 73.9 Å². The molecule has 28 heavy (non-hydrogen) atoms. The van der Waals surface area contributed by atoms with E-state index in [0.717, 1.165) is 36.6 Å². The number of carbonyl (C=O) groups excluding carboxylic acids is 1. The fourth-order valence-electron chi connectivity index (χ4n) is 3.85. The molecule has 2 aliphatic rings. The Morgan fingerprint density at radius 3 is 2.89 bits per heavy atom. The number of carbonyl (C=O) groups is 1. The lowest BCUT2D eigenvalue weighted by Crippen LogP contribution is -2.32. The minimum atomic E-state index is -0.151. The normalized spacial score (nSPS) is 15.9. The third-order valence-electron chi connectivity index (χ3n) is 5.58. The lowest BCUT2D eigenvalue weighted by atomic mass is 9.99. The number of benzene rings is 1. The van der Waals surface area contributed by atoms with Gasteiger partial charge in [0, 0.05) is 43.0 Å². The average Bonchev–Trinajstić information content (AvgIpc) is 3.48. The van der Waals surface area contributed by atoms with Gasteiger partial charge in [-0.3, -0.25) is 9.89 Å². The van der Waals surface area contributed by atoms with Crippen molar-refractivity contribution in [1.29, 1.82) is 0 Å². The highest BCUT2D eigenvalue weighted by molar-refractivity contribution is 5.92. The monoisotopic (exact) mass is 373 g/mol. The molecule has 0 bridgehead atoms. The summed E-state index contributed by atoms with van der Waals surface area (Å²) < 4.78 is 0. The first kappa shape index (κ1) is 17.0. The van der Waals surface area contributed by atoms with Gasteiger partial charge in [0.2, 0.25) is 0 Å². The van der Waals surface area contributed by atoms with E-state index >= 15 is 0 Å². The Morgan fingerprint density at radius 1 is 1.18 bits per heavy atom. The summed E-state index contributed by atoms with van der Waals surface area (Å²) in [5.74, 6) is 1.35. The highest BCUT2D eigenvalue weighted by atomic mass is 16.1. The fraction of sp³-hybridized carbons (Fsp3) is 0.318. The second-order valence-corrected chi connectivity index (χ2v) is 7.59. The van der Waals surface area contributed by atoms with Crippen LogP contribution in [0.2, 0.25) is 0 Å². The van der Waals surface area contributed by atoms with Crippen LogP contribution in [0, 0.1) is 0 Å². The summed E-state index contributed by atoms with van der Waals surface area (Å²) in [6.45, 7) is 2.21. The first-order valence-electron chi connectivity index (χ1n) is 9.87. The smallest absolute Gasteiger partial charge is 0.272 e. The van der Waals surface area contributed by atoms with Gasteiger partial charge in [0.25, 0.3) is 5.91 Å². The van der Waals surface area contributed by atoms with Crippen molar-refractivity contribution in [2.45, 2.75) is 38.3 Å². The van der Waals surface area contributed by atoms with Gasteiger partial charge < -0.3 is 10.2 Å². The van der Waals surface area contributed by atoms with Crippen LogP contribution in [0.1, 0.15) is 51.6 Å². The molecule has 1 aliphatic carbocycles. The molecule has 0 radical (unpaired) electrons. The van der Waals surface area contributed by atoms with Gasteiger partial charge in [-0.2, -0.15) is 5.10 Å². The van der Waals surface area contributed by atoms with E-state index in [1.807, 2.05) is 24.4 Å². The Bertz CT molecular complexity index is 1010. The standard InChI is InChI=1S/C22H23N5O/c28-22(20-12-19(25-26-20)16-7-8-16)24-13-17-6-3-10-23-21(17)27-11-9-15-4-1-2-5-18(15)14-27/h1-6,10,12,16H,7-9,11,13-14H2,(H,24,28)(H,25,26). The van der Waals surface area contributed by atoms with Crippen molar-refractivity contribution in [3.8, 4) is 0 Å². The average molecular weight is 373 g/mol. The summed E-state index contributed by atoms with van der Waals surface area (Å²) in [6, 6.07) is 14.4. The van der Waals surface area contributed by atoms with Gasteiger partial charge in [0.1, 0.15) is 11.5 Å². The quantitative estimate of drug-likeness (QED) is 0.720. The summed E-state index contributed by atoms with van der Waals surface area (Å²) >= 11 is 0. The Balaban J connectivity index is 1.29. The van der Waals surface area contributed by atoms with Crippen LogP contribution in [0.4, 0.5) is 5.82 Å². The number of hydrogen-bond acceptors (Lipinski definition) is 4. The van der Waals surface area contributed by atoms with Crippen molar-refractivity contribution in [2.75, 3.05) is 11.4 Å². The Kier molecular flexibility index (Phi) is 4.31. The number of nitrogens with one attached hydrogen (secondary N) is 2. The SMILES string of the molecule is O=C(NCc1cccnc1N1CCc2ccccc2C1)c1cc(C2CC2)[nH]n1. The zero-order valence-corrected chi connectivity index (χ0v) is 15.7. The number of pyridine rings is 1. The molecule has 142 valence electrons. The summed E-state index contributed by atoms with van der Waals surface area (Å²) in [4.78, 5) is 19.4. The molecule has 3 aromatic rings. The third kappa shape index (κ3) is 3.38. The molecule has 6 nitrogen and oxygen atoms in total. The first-order valence-corrected chi connectivity index (χ1v) is 9.87. The molecular weight excluding hydrogens is 350 g/mol. The Morgan fingerprint density at radius 2 is 2.04 bits per heavy atom. The molecule has 0 saturated heterocycles. The largest absolute Gasteiger partial charge is 0.352 e. The number of aromatic nitrogens is 3. The first-order chi connectivity index (χ1) is 13.8. The Hall–Kier alpha value is -3.15. The van der Waals surface area contributed by atoms with Crippen LogP contribution in [-0.2, 0) is 19.5 Å². The second kappa shape index (κ2) is 7.11. The van der Waals surface area contributed by atoms with Crippen LogP contribution in [-0.4, -0.2) is 27.6 Å². The maximum absolute atomic E-state index is 12.5. The van der Waals surface area contributed by atoms with E-state index in [1.165, 1.54) is 24.0 Å².